The fourth-order valence-electron chi connectivity index (χ4n) is 6.91. The molecule has 1 aromatic carbocycles. The number of alkyl halides is 1. The second-order valence-electron chi connectivity index (χ2n) is 12.1. The number of carbonyl (C=O) groups is 4. The lowest BCUT2D eigenvalue weighted by Gasteiger charge is -2.39. The van der Waals surface area contributed by atoms with Gasteiger partial charge in [0.2, 0.25) is 11.8 Å². The zero-order valence-electron chi connectivity index (χ0n) is 26.0. The Morgan fingerprint density at radius 2 is 2.02 bits per heavy atom. The number of amides is 3. The number of hydrogen-bond donors (Lipinski definition) is 2. The first kappa shape index (κ1) is 33.9. The van der Waals surface area contributed by atoms with Crippen molar-refractivity contribution in [3.05, 3.63) is 54.6 Å². The van der Waals surface area contributed by atoms with Crippen LogP contribution in [-0.4, -0.2) is 88.1 Å². The lowest BCUT2D eigenvalue weighted by atomic mass is 9.70. The Bertz CT molecular complexity index is 1300. The Morgan fingerprint density at radius 3 is 2.66 bits per heavy atom. The largest absolute Gasteiger partial charge is 0.460 e. The van der Waals surface area contributed by atoms with Gasteiger partial charge in [0, 0.05) is 23.5 Å². The molecule has 3 heterocycles. The van der Waals surface area contributed by atoms with Crippen LogP contribution in [0.4, 0.5) is 5.69 Å². The van der Waals surface area contributed by atoms with Crippen molar-refractivity contribution >= 4 is 45.3 Å². The van der Waals surface area contributed by atoms with Gasteiger partial charge in [0.25, 0.3) is 5.91 Å². The standard InChI is InChI=1S/C33H44BrN3O7/c1-7-10-11-25(39)35-17-21(6)43-32(42)26-27-30(40)37(22(9-3)18-38)29(33(27)16-23(34)28(26)44-33)31(41)36(14-8-2)24-15-19(4)12-13-20(24)5/h7-8,12-13,15,21-23,26-29,38H,1-2,9-11,14,16-18H2,3-6H3,(H,35,39)/t21-,22+,23?,26-,27+,28-,29-,33+/m1/s1. The zero-order chi connectivity index (χ0) is 32.3. The van der Waals surface area contributed by atoms with Gasteiger partial charge >= 0.3 is 5.97 Å². The highest BCUT2D eigenvalue weighted by Gasteiger charge is 2.77. The van der Waals surface area contributed by atoms with E-state index in [1.807, 2.05) is 39.0 Å². The van der Waals surface area contributed by atoms with E-state index < -0.39 is 53.6 Å². The number of nitrogens with one attached hydrogen (secondary N) is 1. The van der Waals surface area contributed by atoms with Crippen molar-refractivity contribution in [1.29, 1.82) is 0 Å². The van der Waals surface area contributed by atoms with Gasteiger partial charge in [0.1, 0.15) is 17.7 Å². The number of carbonyl (C=O) groups excluding carboxylic acids is 4. The van der Waals surface area contributed by atoms with Gasteiger partial charge < -0.3 is 29.7 Å². The van der Waals surface area contributed by atoms with Crippen LogP contribution >= 0.6 is 15.9 Å². The molecule has 3 saturated heterocycles. The van der Waals surface area contributed by atoms with E-state index in [1.165, 1.54) is 4.90 Å². The molecule has 2 N–H and O–H groups in total. The smallest absolute Gasteiger partial charge is 0.312 e. The van der Waals surface area contributed by atoms with Gasteiger partial charge in [-0.05, 0) is 57.2 Å². The van der Waals surface area contributed by atoms with Crippen LogP contribution in [0.2, 0.25) is 0 Å². The Labute approximate surface area is 267 Å². The number of anilines is 1. The van der Waals surface area contributed by atoms with Crippen LogP contribution in [0, 0.1) is 25.7 Å². The predicted octanol–water partition coefficient (Wildman–Crippen LogP) is 3.36. The summed E-state index contributed by atoms with van der Waals surface area (Å²) in [5.74, 6) is -3.49. The van der Waals surface area contributed by atoms with Crippen molar-refractivity contribution in [1.82, 2.24) is 10.2 Å². The fraction of sp³-hybridized carbons (Fsp3) is 0.576. The average Bonchev–Trinajstić information content (AvgIpc) is 3.59. The SMILES string of the molecule is C=CCCC(=O)NC[C@@H](C)OC(=O)[C@H]1[C@@H]2O[C@@]3(CC2Br)[C@@H]1C(=O)N([C@@H](CC)CO)[C@@H]3C(=O)N(CC=C)c1cc(C)ccc1C. The van der Waals surface area contributed by atoms with Crippen LogP contribution in [0.15, 0.2) is 43.5 Å². The molecule has 3 fully saturated rings. The molecule has 1 unspecified atom stereocenters. The number of aliphatic hydroxyl groups excluding tert-OH is 1. The number of benzene rings is 1. The highest BCUT2D eigenvalue weighted by molar-refractivity contribution is 9.09. The molecule has 8 atom stereocenters. The summed E-state index contributed by atoms with van der Waals surface area (Å²) in [7, 11) is 0. The summed E-state index contributed by atoms with van der Waals surface area (Å²) in [6, 6.07) is 4.10. The molecule has 44 heavy (non-hydrogen) atoms. The molecule has 1 aromatic rings. The Hall–Kier alpha value is -3.02. The Kier molecular flexibility index (Phi) is 10.7. The number of hydrogen-bond acceptors (Lipinski definition) is 7. The van der Waals surface area contributed by atoms with Crippen molar-refractivity contribution in [2.75, 3.05) is 24.6 Å². The minimum atomic E-state index is -1.31. The number of fused-ring (bicyclic) bond motifs is 1. The number of nitrogens with zero attached hydrogens (tertiary/aromatic N) is 2. The summed E-state index contributed by atoms with van der Waals surface area (Å²) < 4.78 is 12.4. The third kappa shape index (κ3) is 6.10. The molecule has 240 valence electrons. The number of aliphatic hydroxyl groups is 1. The molecule has 0 radical (unpaired) electrons. The molecule has 3 aliphatic heterocycles. The van der Waals surface area contributed by atoms with E-state index in [0.29, 0.717) is 24.9 Å². The lowest BCUT2D eigenvalue weighted by Crippen LogP contribution is -2.59. The molecule has 1 spiro atoms. The summed E-state index contributed by atoms with van der Waals surface area (Å²) in [4.78, 5) is 57.7. The first-order chi connectivity index (χ1) is 20.9. The first-order valence-electron chi connectivity index (χ1n) is 15.3. The number of halogens is 1. The first-order valence-corrected chi connectivity index (χ1v) is 16.2. The summed E-state index contributed by atoms with van der Waals surface area (Å²) in [5, 5.41) is 13.1. The third-order valence-corrected chi connectivity index (χ3v) is 9.87. The molecule has 2 bridgehead atoms. The molecule has 3 aliphatic rings. The summed E-state index contributed by atoms with van der Waals surface area (Å²) >= 11 is 3.68. The van der Waals surface area contributed by atoms with Gasteiger partial charge in [0.05, 0.1) is 37.1 Å². The molecule has 11 heteroatoms. The normalized spacial score (nSPS) is 28.3. The molecule has 10 nitrogen and oxygen atoms in total. The number of likely N-dealkylation sites (tertiary alicyclic amines) is 1. The van der Waals surface area contributed by atoms with Crippen molar-refractivity contribution in [3.63, 3.8) is 0 Å². The van der Waals surface area contributed by atoms with Gasteiger partial charge in [0.15, 0.2) is 0 Å². The minimum Gasteiger partial charge on any atom is -0.460 e. The molecular formula is C33H44BrN3O7. The number of ether oxygens (including phenoxy) is 2. The highest BCUT2D eigenvalue weighted by atomic mass is 79.9. The van der Waals surface area contributed by atoms with Gasteiger partial charge in [-0.15, -0.1) is 13.2 Å². The predicted molar refractivity (Wildman–Crippen MR) is 170 cm³/mol. The minimum absolute atomic E-state index is 0.115. The number of esters is 1. The number of aryl methyl sites for hydroxylation is 2. The Balaban J connectivity index is 1.69. The average molecular weight is 675 g/mol. The van der Waals surface area contributed by atoms with Gasteiger partial charge in [-0.25, -0.2) is 0 Å². The molecule has 0 aliphatic carbocycles. The monoisotopic (exact) mass is 673 g/mol. The van der Waals surface area contributed by atoms with Crippen LogP contribution in [0.3, 0.4) is 0 Å². The quantitative estimate of drug-likeness (QED) is 0.176. The van der Waals surface area contributed by atoms with Crippen LogP contribution in [0.25, 0.3) is 0 Å². The zero-order valence-corrected chi connectivity index (χ0v) is 27.5. The maximum absolute atomic E-state index is 14.7. The van der Waals surface area contributed by atoms with Gasteiger partial charge in [-0.2, -0.15) is 0 Å². The van der Waals surface area contributed by atoms with Crippen LogP contribution in [0.5, 0.6) is 0 Å². The van der Waals surface area contributed by atoms with E-state index in [0.717, 1.165) is 11.1 Å². The molecule has 3 amide bonds. The van der Waals surface area contributed by atoms with Crippen molar-refractivity contribution in [2.45, 2.75) is 88.1 Å². The van der Waals surface area contributed by atoms with E-state index in [1.54, 1.807) is 24.0 Å². The fourth-order valence-corrected chi connectivity index (χ4v) is 7.86. The maximum Gasteiger partial charge on any atom is 0.312 e. The lowest BCUT2D eigenvalue weighted by molar-refractivity contribution is -0.159. The van der Waals surface area contributed by atoms with Crippen LogP contribution in [0.1, 0.15) is 50.7 Å². The topological polar surface area (TPSA) is 125 Å². The number of rotatable bonds is 14. The summed E-state index contributed by atoms with van der Waals surface area (Å²) in [6.07, 6.45) is 3.50. The molecule has 0 saturated carbocycles. The highest BCUT2D eigenvalue weighted by Crippen LogP contribution is 2.61. The van der Waals surface area contributed by atoms with E-state index in [9.17, 15) is 24.3 Å². The molecule has 0 aromatic heterocycles. The second kappa shape index (κ2) is 14.0. The van der Waals surface area contributed by atoms with Crippen LogP contribution in [-0.2, 0) is 28.7 Å². The van der Waals surface area contributed by atoms with Crippen LogP contribution < -0.4 is 10.2 Å². The summed E-state index contributed by atoms with van der Waals surface area (Å²) in [6.45, 7) is 14.8. The van der Waals surface area contributed by atoms with E-state index in [4.69, 9.17) is 9.47 Å². The number of allylic oxidation sites excluding steroid dienone is 1. The molecular weight excluding hydrogens is 630 g/mol. The maximum atomic E-state index is 14.7. The van der Waals surface area contributed by atoms with E-state index >= 15 is 0 Å². The van der Waals surface area contributed by atoms with Gasteiger partial charge in [-0.1, -0.05) is 47.1 Å². The van der Waals surface area contributed by atoms with Crippen molar-refractivity contribution in [2.24, 2.45) is 11.8 Å². The summed E-state index contributed by atoms with van der Waals surface area (Å²) in [5.41, 5.74) is 1.24. The van der Waals surface area contributed by atoms with Gasteiger partial charge in [-0.3, -0.25) is 19.2 Å². The molecule has 4 rings (SSSR count). The van der Waals surface area contributed by atoms with E-state index in [-0.39, 0.29) is 42.8 Å². The van der Waals surface area contributed by atoms with Crippen molar-refractivity contribution < 1.29 is 33.8 Å². The van der Waals surface area contributed by atoms with E-state index in [2.05, 4.69) is 34.4 Å². The second-order valence-corrected chi connectivity index (χ2v) is 13.2. The Morgan fingerprint density at radius 1 is 1.30 bits per heavy atom. The third-order valence-electron chi connectivity index (χ3n) is 9.02. The van der Waals surface area contributed by atoms with Crippen molar-refractivity contribution in [3.8, 4) is 0 Å².